The summed E-state index contributed by atoms with van der Waals surface area (Å²) in [5.41, 5.74) is 4.03. The van der Waals surface area contributed by atoms with Crippen LogP contribution in [0.1, 0.15) is 25.3 Å². The number of hydrogen-bond acceptors (Lipinski definition) is 5. The average Bonchev–Trinajstić information content (AvgIpc) is 3.40. The van der Waals surface area contributed by atoms with Crippen LogP contribution in [0, 0.1) is 23.1 Å². The summed E-state index contributed by atoms with van der Waals surface area (Å²) in [6.45, 7) is 5.12. The molecule has 2 aromatic carbocycles. The van der Waals surface area contributed by atoms with Crippen LogP contribution in [0.15, 0.2) is 42.6 Å². The molecule has 0 radical (unpaired) electrons. The lowest BCUT2D eigenvalue weighted by Gasteiger charge is -2.23. The third kappa shape index (κ3) is 4.03. The largest absolute Gasteiger partial charge is 0.478 e. The molecule has 1 saturated heterocycles. The summed E-state index contributed by atoms with van der Waals surface area (Å²) in [6, 6.07) is 12.6. The second-order valence-electron chi connectivity index (χ2n) is 8.70. The SMILES string of the molecule is CCOc1c(-c2ccc3c(cnn3C)c2)c(-c2ccc(C#N)c(F)c2)nn1CC1CCCNC1. The topological polar surface area (TPSA) is 80.7 Å². The van der Waals surface area contributed by atoms with E-state index in [0.717, 1.165) is 48.0 Å². The summed E-state index contributed by atoms with van der Waals surface area (Å²) in [4.78, 5) is 0. The summed E-state index contributed by atoms with van der Waals surface area (Å²) < 4.78 is 24.5. The number of nitrogens with one attached hydrogen (secondary N) is 1. The highest BCUT2D eigenvalue weighted by molar-refractivity contribution is 5.91. The Morgan fingerprint density at radius 2 is 2.09 bits per heavy atom. The minimum Gasteiger partial charge on any atom is -0.478 e. The number of halogens is 1. The first kappa shape index (κ1) is 22.1. The number of hydrogen-bond donors (Lipinski definition) is 1. The van der Waals surface area contributed by atoms with Crippen molar-refractivity contribution < 1.29 is 9.13 Å². The van der Waals surface area contributed by atoms with Crippen LogP contribution in [0.2, 0.25) is 0 Å². The van der Waals surface area contributed by atoms with E-state index in [9.17, 15) is 9.65 Å². The van der Waals surface area contributed by atoms with Crippen molar-refractivity contribution in [1.29, 1.82) is 5.26 Å². The molecule has 174 valence electrons. The van der Waals surface area contributed by atoms with Crippen molar-refractivity contribution >= 4 is 10.9 Å². The maximum Gasteiger partial charge on any atom is 0.220 e. The van der Waals surface area contributed by atoms with Gasteiger partial charge in [-0.15, -0.1) is 0 Å². The highest BCUT2D eigenvalue weighted by atomic mass is 19.1. The van der Waals surface area contributed by atoms with Crippen LogP contribution in [0.5, 0.6) is 5.88 Å². The number of ether oxygens (including phenoxy) is 1. The minimum absolute atomic E-state index is 0.0137. The molecule has 1 unspecified atom stereocenters. The van der Waals surface area contributed by atoms with E-state index in [1.54, 1.807) is 6.07 Å². The Balaban J connectivity index is 1.69. The van der Waals surface area contributed by atoms with Gasteiger partial charge >= 0.3 is 0 Å². The summed E-state index contributed by atoms with van der Waals surface area (Å²) >= 11 is 0. The number of aromatic nitrogens is 4. The Labute approximate surface area is 197 Å². The third-order valence-corrected chi connectivity index (χ3v) is 6.41. The number of piperidine rings is 1. The highest BCUT2D eigenvalue weighted by Gasteiger charge is 2.25. The second-order valence-corrected chi connectivity index (χ2v) is 8.70. The first-order chi connectivity index (χ1) is 16.6. The molecule has 1 aliphatic rings. The number of fused-ring (bicyclic) bond motifs is 1. The highest BCUT2D eigenvalue weighted by Crippen LogP contribution is 2.41. The van der Waals surface area contributed by atoms with Crippen molar-refractivity contribution in [3.8, 4) is 34.3 Å². The quantitative estimate of drug-likeness (QED) is 0.460. The van der Waals surface area contributed by atoms with E-state index in [1.165, 1.54) is 12.1 Å². The van der Waals surface area contributed by atoms with Gasteiger partial charge in [0.1, 0.15) is 17.6 Å². The lowest BCUT2D eigenvalue weighted by atomic mass is 9.98. The van der Waals surface area contributed by atoms with Crippen molar-refractivity contribution in [2.75, 3.05) is 19.7 Å². The smallest absolute Gasteiger partial charge is 0.220 e. The van der Waals surface area contributed by atoms with Gasteiger partial charge in [-0.3, -0.25) is 4.68 Å². The summed E-state index contributed by atoms with van der Waals surface area (Å²) in [7, 11) is 1.91. The molecule has 1 atom stereocenters. The van der Waals surface area contributed by atoms with E-state index in [1.807, 2.05) is 47.7 Å². The van der Waals surface area contributed by atoms with Crippen molar-refractivity contribution in [1.82, 2.24) is 24.9 Å². The Morgan fingerprint density at radius 3 is 2.82 bits per heavy atom. The van der Waals surface area contributed by atoms with E-state index in [4.69, 9.17) is 9.84 Å². The van der Waals surface area contributed by atoms with Gasteiger partial charge in [0.2, 0.25) is 5.88 Å². The molecule has 1 aliphatic heterocycles. The van der Waals surface area contributed by atoms with Crippen LogP contribution < -0.4 is 10.1 Å². The summed E-state index contributed by atoms with van der Waals surface area (Å²) in [6.07, 6.45) is 4.09. The van der Waals surface area contributed by atoms with Crippen molar-refractivity contribution in [3.05, 3.63) is 54.0 Å². The molecule has 0 aliphatic carbocycles. The molecule has 34 heavy (non-hydrogen) atoms. The number of rotatable bonds is 6. The number of nitrogens with zero attached hydrogens (tertiary/aromatic N) is 5. The fraction of sp³-hybridized carbons (Fsp3) is 0.346. The van der Waals surface area contributed by atoms with Gasteiger partial charge in [-0.1, -0.05) is 12.1 Å². The van der Waals surface area contributed by atoms with E-state index < -0.39 is 5.82 Å². The molecule has 0 saturated carbocycles. The maximum atomic E-state index is 14.6. The third-order valence-electron chi connectivity index (χ3n) is 6.41. The molecule has 3 heterocycles. The van der Waals surface area contributed by atoms with Crippen LogP contribution in [-0.2, 0) is 13.6 Å². The lowest BCUT2D eigenvalue weighted by molar-refractivity contribution is 0.269. The van der Waals surface area contributed by atoms with Crippen molar-refractivity contribution in [2.24, 2.45) is 13.0 Å². The first-order valence-electron chi connectivity index (χ1n) is 11.7. The molecule has 8 heteroatoms. The van der Waals surface area contributed by atoms with E-state index >= 15 is 0 Å². The zero-order valence-corrected chi connectivity index (χ0v) is 19.4. The van der Waals surface area contributed by atoms with Gasteiger partial charge < -0.3 is 10.1 Å². The molecule has 4 aromatic rings. The number of benzene rings is 2. The van der Waals surface area contributed by atoms with Gasteiger partial charge in [-0.05, 0) is 68.6 Å². The van der Waals surface area contributed by atoms with Gasteiger partial charge in [0.05, 0.1) is 29.4 Å². The molecular weight excluding hydrogens is 431 g/mol. The Hall–Kier alpha value is -3.70. The van der Waals surface area contributed by atoms with Gasteiger partial charge in [-0.25, -0.2) is 9.07 Å². The summed E-state index contributed by atoms with van der Waals surface area (Å²) in [5, 5.41) is 22.9. The Kier molecular flexibility index (Phi) is 6.03. The normalized spacial score (nSPS) is 16.0. The zero-order valence-electron chi connectivity index (χ0n) is 19.4. The van der Waals surface area contributed by atoms with Crippen LogP contribution in [0.25, 0.3) is 33.3 Å². The zero-order chi connectivity index (χ0) is 23.7. The molecule has 0 spiro atoms. The second kappa shape index (κ2) is 9.27. The molecule has 5 rings (SSSR count). The Bertz CT molecular complexity index is 1380. The maximum absolute atomic E-state index is 14.6. The molecule has 0 amide bonds. The van der Waals surface area contributed by atoms with Gasteiger partial charge in [-0.2, -0.15) is 15.5 Å². The standard InChI is InChI=1S/C26H27FN6O/c1-3-34-26-24(18-8-9-23-21(11-18)15-30-32(23)2)25(19-6-7-20(13-28)22(27)12-19)31-33(26)16-17-5-4-10-29-14-17/h6-9,11-12,15,17,29H,3-5,10,14,16H2,1-2H3. The number of nitriles is 1. The predicted octanol–water partition coefficient (Wildman–Crippen LogP) is 4.51. The monoisotopic (exact) mass is 458 g/mol. The van der Waals surface area contributed by atoms with Crippen LogP contribution in [0.4, 0.5) is 4.39 Å². The lowest BCUT2D eigenvalue weighted by Crippen LogP contribution is -2.32. The average molecular weight is 459 g/mol. The predicted molar refractivity (Wildman–Crippen MR) is 129 cm³/mol. The molecule has 0 bridgehead atoms. The molecule has 7 nitrogen and oxygen atoms in total. The van der Waals surface area contributed by atoms with Crippen LogP contribution in [-0.4, -0.2) is 39.3 Å². The van der Waals surface area contributed by atoms with Crippen LogP contribution in [0.3, 0.4) is 0 Å². The van der Waals surface area contributed by atoms with Crippen molar-refractivity contribution in [3.63, 3.8) is 0 Å². The molecular formula is C26H27FN6O. The summed E-state index contributed by atoms with van der Waals surface area (Å²) in [5.74, 6) is 0.556. The van der Waals surface area contributed by atoms with E-state index in [2.05, 4.69) is 16.5 Å². The Morgan fingerprint density at radius 1 is 1.24 bits per heavy atom. The first-order valence-corrected chi connectivity index (χ1v) is 11.7. The number of aryl methyl sites for hydroxylation is 1. The van der Waals surface area contributed by atoms with Crippen molar-refractivity contribution in [2.45, 2.75) is 26.3 Å². The van der Waals surface area contributed by atoms with E-state index in [0.29, 0.717) is 36.2 Å². The molecule has 1 N–H and O–H groups in total. The van der Waals surface area contributed by atoms with Crippen LogP contribution >= 0.6 is 0 Å². The fourth-order valence-electron chi connectivity index (χ4n) is 4.71. The minimum atomic E-state index is -0.558. The van der Waals surface area contributed by atoms with Gasteiger partial charge in [0, 0.05) is 24.5 Å². The molecule has 1 fully saturated rings. The van der Waals surface area contributed by atoms with Gasteiger partial charge in [0.25, 0.3) is 0 Å². The fourth-order valence-corrected chi connectivity index (χ4v) is 4.71. The molecule has 2 aromatic heterocycles. The van der Waals surface area contributed by atoms with E-state index in [-0.39, 0.29) is 5.56 Å². The van der Waals surface area contributed by atoms with Gasteiger partial charge in [0.15, 0.2) is 0 Å².